The molecule has 2 amide bonds. The van der Waals surface area contributed by atoms with Gasteiger partial charge in [0.25, 0.3) is 5.91 Å². The first-order valence-electron chi connectivity index (χ1n) is 7.77. The standard InChI is InChI=1S/C19H21N3O2/c1-13(2)18(23)21-17-10-8-15(9-11-17)19(24)22-20-12-16-7-5-4-6-14(16)3/h4-13H,1-3H3,(H,21,23)(H,22,24)/b20-12+. The molecule has 2 aromatic carbocycles. The lowest BCUT2D eigenvalue weighted by atomic mass is 10.1. The van der Waals surface area contributed by atoms with E-state index in [0.29, 0.717) is 11.3 Å². The molecule has 124 valence electrons. The molecule has 0 aliphatic heterocycles. The van der Waals surface area contributed by atoms with E-state index in [0.717, 1.165) is 11.1 Å². The van der Waals surface area contributed by atoms with Crippen molar-refractivity contribution < 1.29 is 9.59 Å². The number of hydrogen-bond donors (Lipinski definition) is 2. The van der Waals surface area contributed by atoms with Crippen LogP contribution in [0.15, 0.2) is 53.6 Å². The summed E-state index contributed by atoms with van der Waals surface area (Å²) in [4.78, 5) is 23.7. The van der Waals surface area contributed by atoms with Gasteiger partial charge < -0.3 is 5.32 Å². The SMILES string of the molecule is Cc1ccccc1/C=N/NC(=O)c1ccc(NC(=O)C(C)C)cc1. The highest BCUT2D eigenvalue weighted by molar-refractivity contribution is 5.96. The number of hydrogen-bond acceptors (Lipinski definition) is 3. The summed E-state index contributed by atoms with van der Waals surface area (Å²) >= 11 is 0. The van der Waals surface area contributed by atoms with Crippen molar-refractivity contribution in [3.8, 4) is 0 Å². The minimum absolute atomic E-state index is 0.0602. The van der Waals surface area contributed by atoms with E-state index in [2.05, 4.69) is 15.8 Å². The summed E-state index contributed by atoms with van der Waals surface area (Å²) in [5.41, 5.74) is 5.66. The first-order chi connectivity index (χ1) is 11.5. The van der Waals surface area contributed by atoms with Gasteiger partial charge in [0.05, 0.1) is 6.21 Å². The molecule has 2 rings (SSSR count). The zero-order valence-corrected chi connectivity index (χ0v) is 14.0. The molecule has 0 radical (unpaired) electrons. The molecule has 0 atom stereocenters. The summed E-state index contributed by atoms with van der Waals surface area (Å²) < 4.78 is 0. The van der Waals surface area contributed by atoms with Crippen LogP contribution in [0.2, 0.25) is 0 Å². The van der Waals surface area contributed by atoms with Gasteiger partial charge in [-0.05, 0) is 42.3 Å². The Labute approximate surface area is 141 Å². The van der Waals surface area contributed by atoms with E-state index in [1.807, 2.05) is 45.0 Å². The molecule has 24 heavy (non-hydrogen) atoms. The molecule has 5 nitrogen and oxygen atoms in total. The maximum absolute atomic E-state index is 12.0. The molecule has 0 spiro atoms. The molecule has 0 aliphatic rings. The van der Waals surface area contributed by atoms with Crippen molar-refractivity contribution in [3.05, 3.63) is 65.2 Å². The summed E-state index contributed by atoms with van der Waals surface area (Å²) in [6.45, 7) is 5.63. The van der Waals surface area contributed by atoms with Crippen LogP contribution in [-0.2, 0) is 4.79 Å². The van der Waals surface area contributed by atoms with Crippen LogP contribution >= 0.6 is 0 Å². The van der Waals surface area contributed by atoms with Crippen LogP contribution in [0.3, 0.4) is 0 Å². The molecule has 0 aliphatic carbocycles. The Bertz CT molecular complexity index is 749. The van der Waals surface area contributed by atoms with E-state index in [4.69, 9.17) is 0 Å². The van der Waals surface area contributed by atoms with E-state index >= 15 is 0 Å². The topological polar surface area (TPSA) is 70.6 Å². The lowest BCUT2D eigenvalue weighted by molar-refractivity contribution is -0.118. The van der Waals surface area contributed by atoms with Crippen molar-refractivity contribution in [1.29, 1.82) is 0 Å². The van der Waals surface area contributed by atoms with Crippen molar-refractivity contribution >= 4 is 23.7 Å². The summed E-state index contributed by atoms with van der Waals surface area (Å²) in [6.07, 6.45) is 1.62. The molecule has 0 saturated heterocycles. The number of nitrogens with zero attached hydrogens (tertiary/aromatic N) is 1. The normalized spacial score (nSPS) is 10.8. The van der Waals surface area contributed by atoms with Crippen molar-refractivity contribution in [2.45, 2.75) is 20.8 Å². The average Bonchev–Trinajstić information content (AvgIpc) is 2.57. The fraction of sp³-hybridized carbons (Fsp3) is 0.211. The van der Waals surface area contributed by atoms with Crippen LogP contribution in [0, 0.1) is 12.8 Å². The van der Waals surface area contributed by atoms with Gasteiger partial charge in [-0.3, -0.25) is 9.59 Å². The van der Waals surface area contributed by atoms with Gasteiger partial charge in [-0.2, -0.15) is 5.10 Å². The number of rotatable bonds is 5. The zero-order valence-electron chi connectivity index (χ0n) is 14.0. The number of amides is 2. The summed E-state index contributed by atoms with van der Waals surface area (Å²) in [6, 6.07) is 14.5. The predicted molar refractivity (Wildman–Crippen MR) is 96.1 cm³/mol. The third-order valence-electron chi connectivity index (χ3n) is 3.50. The van der Waals surface area contributed by atoms with Crippen LogP contribution in [0.25, 0.3) is 0 Å². The van der Waals surface area contributed by atoms with Crippen molar-refractivity contribution in [2.75, 3.05) is 5.32 Å². The Hall–Kier alpha value is -2.95. The van der Waals surface area contributed by atoms with Gasteiger partial charge in [-0.25, -0.2) is 5.43 Å². The average molecular weight is 323 g/mol. The van der Waals surface area contributed by atoms with Gasteiger partial charge in [0.2, 0.25) is 5.91 Å². The zero-order chi connectivity index (χ0) is 17.5. The van der Waals surface area contributed by atoms with Crippen LogP contribution in [0.4, 0.5) is 5.69 Å². The minimum atomic E-state index is -0.304. The first-order valence-corrected chi connectivity index (χ1v) is 7.77. The van der Waals surface area contributed by atoms with E-state index in [1.165, 1.54) is 0 Å². The Morgan fingerprint density at radius 1 is 1.04 bits per heavy atom. The van der Waals surface area contributed by atoms with Crippen LogP contribution < -0.4 is 10.7 Å². The van der Waals surface area contributed by atoms with Crippen molar-refractivity contribution in [1.82, 2.24) is 5.43 Å². The molecule has 0 bridgehead atoms. The molecule has 0 heterocycles. The maximum atomic E-state index is 12.0. The number of carbonyl (C=O) groups excluding carboxylic acids is 2. The fourth-order valence-electron chi connectivity index (χ4n) is 1.95. The Morgan fingerprint density at radius 2 is 1.71 bits per heavy atom. The quantitative estimate of drug-likeness (QED) is 0.654. The third kappa shape index (κ3) is 4.78. The molecule has 0 unspecified atom stereocenters. The van der Waals surface area contributed by atoms with Crippen LogP contribution in [-0.4, -0.2) is 18.0 Å². The number of benzene rings is 2. The van der Waals surface area contributed by atoms with Gasteiger partial charge >= 0.3 is 0 Å². The van der Waals surface area contributed by atoms with E-state index in [1.54, 1.807) is 30.5 Å². The summed E-state index contributed by atoms with van der Waals surface area (Å²) in [7, 11) is 0. The Balaban J connectivity index is 1.95. The highest BCUT2D eigenvalue weighted by Gasteiger charge is 2.08. The van der Waals surface area contributed by atoms with Crippen molar-refractivity contribution in [2.24, 2.45) is 11.0 Å². The van der Waals surface area contributed by atoms with E-state index in [9.17, 15) is 9.59 Å². The third-order valence-corrected chi connectivity index (χ3v) is 3.50. The molecule has 5 heteroatoms. The second-order valence-corrected chi connectivity index (χ2v) is 5.78. The van der Waals surface area contributed by atoms with Crippen molar-refractivity contribution in [3.63, 3.8) is 0 Å². The lowest BCUT2D eigenvalue weighted by Crippen LogP contribution is -2.19. The molecule has 0 saturated carbocycles. The molecule has 0 fully saturated rings. The number of anilines is 1. The van der Waals surface area contributed by atoms with Crippen LogP contribution in [0.1, 0.15) is 35.3 Å². The molecule has 0 aromatic heterocycles. The van der Waals surface area contributed by atoms with Gasteiger partial charge in [0.15, 0.2) is 0 Å². The molecule has 2 aromatic rings. The van der Waals surface area contributed by atoms with E-state index < -0.39 is 0 Å². The minimum Gasteiger partial charge on any atom is -0.326 e. The smallest absolute Gasteiger partial charge is 0.271 e. The molecular formula is C19H21N3O2. The summed E-state index contributed by atoms with van der Waals surface area (Å²) in [5.74, 6) is -0.458. The van der Waals surface area contributed by atoms with Gasteiger partial charge in [0.1, 0.15) is 0 Å². The lowest BCUT2D eigenvalue weighted by Gasteiger charge is -2.08. The van der Waals surface area contributed by atoms with E-state index in [-0.39, 0.29) is 17.7 Å². The monoisotopic (exact) mass is 323 g/mol. The van der Waals surface area contributed by atoms with Gasteiger partial charge in [0, 0.05) is 17.2 Å². The van der Waals surface area contributed by atoms with Gasteiger partial charge in [-0.15, -0.1) is 0 Å². The summed E-state index contributed by atoms with van der Waals surface area (Å²) in [5, 5.41) is 6.76. The maximum Gasteiger partial charge on any atom is 0.271 e. The number of carbonyl (C=O) groups is 2. The fourth-order valence-corrected chi connectivity index (χ4v) is 1.95. The Morgan fingerprint density at radius 3 is 2.33 bits per heavy atom. The molecular weight excluding hydrogens is 302 g/mol. The Kier molecular flexibility index (Phi) is 5.84. The molecule has 2 N–H and O–H groups in total. The predicted octanol–water partition coefficient (Wildman–Crippen LogP) is 3.35. The number of hydrazone groups is 1. The highest BCUT2D eigenvalue weighted by Crippen LogP contribution is 2.11. The number of nitrogens with one attached hydrogen (secondary N) is 2. The van der Waals surface area contributed by atoms with Gasteiger partial charge in [-0.1, -0.05) is 38.1 Å². The second-order valence-electron chi connectivity index (χ2n) is 5.78. The largest absolute Gasteiger partial charge is 0.326 e. The highest BCUT2D eigenvalue weighted by atomic mass is 16.2. The second kappa shape index (κ2) is 8.06. The number of aryl methyl sites for hydroxylation is 1. The van der Waals surface area contributed by atoms with Crippen LogP contribution in [0.5, 0.6) is 0 Å². The first kappa shape index (κ1) is 17.4.